The molecule has 20 heavy (non-hydrogen) atoms. The largest absolute Gasteiger partial charge is 0.480 e. The summed E-state index contributed by atoms with van der Waals surface area (Å²) in [7, 11) is 0. The van der Waals surface area contributed by atoms with Crippen LogP contribution in [-0.2, 0) is 11.2 Å². The number of hydrogen-bond donors (Lipinski definition) is 3. The van der Waals surface area contributed by atoms with Crippen molar-refractivity contribution in [3.8, 4) is 0 Å². The van der Waals surface area contributed by atoms with Crippen molar-refractivity contribution in [3.05, 3.63) is 53.6 Å². The highest BCUT2D eigenvalue weighted by Gasteiger charge is 2.21. The van der Waals surface area contributed by atoms with Crippen LogP contribution in [0.4, 0.5) is 0 Å². The Kier molecular flexibility index (Phi) is 4.14. The molecule has 104 valence electrons. The summed E-state index contributed by atoms with van der Waals surface area (Å²) < 4.78 is 0. The third-order valence-corrected chi connectivity index (χ3v) is 2.89. The Balaban J connectivity index is 2.06. The van der Waals surface area contributed by atoms with Crippen molar-refractivity contribution in [3.63, 3.8) is 0 Å². The van der Waals surface area contributed by atoms with Gasteiger partial charge in [0.1, 0.15) is 6.04 Å². The zero-order valence-corrected chi connectivity index (χ0v) is 11.0. The Bertz CT molecular complexity index is 591. The number of benzene rings is 1. The van der Waals surface area contributed by atoms with Crippen LogP contribution >= 0.6 is 0 Å². The van der Waals surface area contributed by atoms with Crippen LogP contribution in [0.3, 0.4) is 0 Å². The lowest BCUT2D eigenvalue weighted by Crippen LogP contribution is -2.42. The van der Waals surface area contributed by atoms with Crippen molar-refractivity contribution in [2.45, 2.75) is 19.4 Å². The first-order valence-corrected chi connectivity index (χ1v) is 6.14. The normalized spacial score (nSPS) is 11.8. The lowest BCUT2D eigenvalue weighted by atomic mass is 10.1. The van der Waals surface area contributed by atoms with Gasteiger partial charge in [-0.25, -0.2) is 9.78 Å². The highest BCUT2D eigenvalue weighted by Crippen LogP contribution is 2.05. The number of carboxylic acids is 1. The maximum Gasteiger partial charge on any atom is 0.326 e. The number of aliphatic carboxylic acids is 1. The van der Waals surface area contributed by atoms with E-state index in [0.717, 1.165) is 5.56 Å². The van der Waals surface area contributed by atoms with Crippen LogP contribution in [0.2, 0.25) is 0 Å². The van der Waals surface area contributed by atoms with Crippen LogP contribution in [0.5, 0.6) is 0 Å². The van der Waals surface area contributed by atoms with E-state index in [4.69, 9.17) is 5.11 Å². The van der Waals surface area contributed by atoms with Gasteiger partial charge in [-0.1, -0.05) is 17.7 Å². The minimum atomic E-state index is -1.09. The zero-order valence-electron chi connectivity index (χ0n) is 11.0. The van der Waals surface area contributed by atoms with E-state index in [2.05, 4.69) is 15.3 Å². The van der Waals surface area contributed by atoms with E-state index in [9.17, 15) is 9.59 Å². The van der Waals surface area contributed by atoms with Crippen molar-refractivity contribution in [2.24, 2.45) is 0 Å². The Morgan fingerprint density at radius 2 is 2.05 bits per heavy atom. The quantitative estimate of drug-likeness (QED) is 0.761. The van der Waals surface area contributed by atoms with Gasteiger partial charge in [-0.3, -0.25) is 4.79 Å². The molecule has 1 heterocycles. The molecule has 1 aromatic heterocycles. The second-order valence-corrected chi connectivity index (χ2v) is 4.49. The van der Waals surface area contributed by atoms with Crippen LogP contribution in [-0.4, -0.2) is 33.0 Å². The third kappa shape index (κ3) is 3.44. The first-order chi connectivity index (χ1) is 9.56. The average Bonchev–Trinajstić information content (AvgIpc) is 2.91. The van der Waals surface area contributed by atoms with Gasteiger partial charge in [-0.15, -0.1) is 0 Å². The molecule has 0 unspecified atom stereocenters. The van der Waals surface area contributed by atoms with E-state index in [0.29, 0.717) is 11.3 Å². The van der Waals surface area contributed by atoms with Crippen molar-refractivity contribution < 1.29 is 14.7 Å². The van der Waals surface area contributed by atoms with Crippen molar-refractivity contribution in [2.75, 3.05) is 0 Å². The predicted molar refractivity (Wildman–Crippen MR) is 72.4 cm³/mol. The highest BCUT2D eigenvalue weighted by molar-refractivity contribution is 5.96. The lowest BCUT2D eigenvalue weighted by molar-refractivity contribution is -0.139. The first kappa shape index (κ1) is 13.8. The van der Waals surface area contributed by atoms with Crippen LogP contribution in [0, 0.1) is 6.92 Å². The third-order valence-electron chi connectivity index (χ3n) is 2.89. The van der Waals surface area contributed by atoms with E-state index < -0.39 is 17.9 Å². The summed E-state index contributed by atoms with van der Waals surface area (Å²) in [5.74, 6) is -1.50. The first-order valence-electron chi connectivity index (χ1n) is 6.14. The summed E-state index contributed by atoms with van der Waals surface area (Å²) in [6, 6.07) is 5.93. The molecule has 0 spiro atoms. The summed E-state index contributed by atoms with van der Waals surface area (Å²) in [6.07, 6.45) is 3.21. The number of aromatic amines is 1. The van der Waals surface area contributed by atoms with Crippen molar-refractivity contribution in [1.29, 1.82) is 0 Å². The van der Waals surface area contributed by atoms with Crippen molar-refractivity contribution in [1.82, 2.24) is 15.3 Å². The summed E-state index contributed by atoms with van der Waals surface area (Å²) in [4.78, 5) is 29.9. The summed E-state index contributed by atoms with van der Waals surface area (Å²) >= 11 is 0. The Labute approximate surface area is 115 Å². The molecular weight excluding hydrogens is 258 g/mol. The predicted octanol–water partition coefficient (Wildman–Crippen LogP) is 1.14. The molecule has 3 N–H and O–H groups in total. The Morgan fingerprint density at radius 3 is 2.60 bits per heavy atom. The number of hydrogen-bond acceptors (Lipinski definition) is 3. The molecule has 2 rings (SSSR count). The Morgan fingerprint density at radius 1 is 1.35 bits per heavy atom. The number of aryl methyl sites for hydroxylation is 1. The standard InChI is InChI=1S/C14H15N3O3/c1-9-2-4-10(5-3-9)13(18)17-12(14(19)20)6-11-7-15-8-16-11/h2-5,7-8,12H,6H2,1H3,(H,15,16)(H,17,18)(H,19,20)/t12-/m0/s1. The SMILES string of the molecule is Cc1ccc(C(=O)N[C@@H](Cc2c[nH]cn2)C(=O)O)cc1. The number of carbonyl (C=O) groups excluding carboxylic acids is 1. The van der Waals surface area contributed by atoms with Crippen LogP contribution < -0.4 is 5.32 Å². The highest BCUT2D eigenvalue weighted by atomic mass is 16.4. The maximum atomic E-state index is 12.0. The fraction of sp³-hybridized carbons (Fsp3) is 0.214. The van der Waals surface area contributed by atoms with Crippen molar-refractivity contribution >= 4 is 11.9 Å². The minimum Gasteiger partial charge on any atom is -0.480 e. The maximum absolute atomic E-state index is 12.0. The second kappa shape index (κ2) is 6.01. The van der Waals surface area contributed by atoms with Gasteiger partial charge < -0.3 is 15.4 Å². The van der Waals surface area contributed by atoms with Gasteiger partial charge in [0.25, 0.3) is 5.91 Å². The van der Waals surface area contributed by atoms with Crippen LogP contribution in [0.1, 0.15) is 21.6 Å². The Hall–Kier alpha value is -2.63. The number of aromatic nitrogens is 2. The molecule has 1 amide bonds. The van der Waals surface area contributed by atoms with Gasteiger partial charge in [0, 0.05) is 18.2 Å². The molecule has 0 radical (unpaired) electrons. The number of nitrogens with zero attached hydrogens (tertiary/aromatic N) is 1. The molecule has 0 saturated heterocycles. The van der Waals surface area contributed by atoms with Gasteiger partial charge in [-0.2, -0.15) is 0 Å². The monoisotopic (exact) mass is 273 g/mol. The molecule has 2 aromatic rings. The minimum absolute atomic E-state index is 0.135. The average molecular weight is 273 g/mol. The molecule has 1 atom stereocenters. The molecule has 0 fully saturated rings. The second-order valence-electron chi connectivity index (χ2n) is 4.49. The summed E-state index contributed by atoms with van der Waals surface area (Å²) in [6.45, 7) is 1.92. The number of H-pyrrole nitrogens is 1. The molecule has 0 bridgehead atoms. The smallest absolute Gasteiger partial charge is 0.326 e. The van der Waals surface area contributed by atoms with E-state index >= 15 is 0 Å². The van der Waals surface area contributed by atoms with E-state index in [1.165, 1.54) is 6.33 Å². The zero-order chi connectivity index (χ0) is 14.5. The van der Waals surface area contributed by atoms with Gasteiger partial charge in [-0.05, 0) is 19.1 Å². The van der Waals surface area contributed by atoms with Gasteiger partial charge in [0.15, 0.2) is 0 Å². The molecular formula is C14H15N3O3. The molecule has 0 saturated carbocycles. The number of carboxylic acid groups (broad SMARTS) is 1. The summed E-state index contributed by atoms with van der Waals surface area (Å²) in [5.41, 5.74) is 2.05. The van der Waals surface area contributed by atoms with E-state index in [-0.39, 0.29) is 6.42 Å². The van der Waals surface area contributed by atoms with Gasteiger partial charge >= 0.3 is 5.97 Å². The molecule has 6 heteroatoms. The molecule has 6 nitrogen and oxygen atoms in total. The lowest BCUT2D eigenvalue weighted by Gasteiger charge is -2.13. The topological polar surface area (TPSA) is 95.1 Å². The number of imidazole rings is 1. The number of nitrogens with one attached hydrogen (secondary N) is 2. The van der Waals surface area contributed by atoms with Gasteiger partial charge in [0.05, 0.1) is 12.0 Å². The molecule has 1 aromatic carbocycles. The summed E-state index contributed by atoms with van der Waals surface area (Å²) in [5, 5.41) is 11.7. The van der Waals surface area contributed by atoms with Crippen LogP contribution in [0.25, 0.3) is 0 Å². The fourth-order valence-electron chi connectivity index (χ4n) is 1.76. The number of carbonyl (C=O) groups is 2. The molecule has 0 aliphatic carbocycles. The van der Waals surface area contributed by atoms with E-state index in [1.807, 2.05) is 6.92 Å². The molecule has 0 aliphatic rings. The van der Waals surface area contributed by atoms with Crippen LogP contribution in [0.15, 0.2) is 36.8 Å². The number of amides is 1. The van der Waals surface area contributed by atoms with E-state index in [1.54, 1.807) is 30.5 Å². The number of rotatable bonds is 5. The van der Waals surface area contributed by atoms with Gasteiger partial charge in [0.2, 0.25) is 0 Å². The molecule has 0 aliphatic heterocycles. The fourth-order valence-corrected chi connectivity index (χ4v) is 1.76.